The zero-order valence-corrected chi connectivity index (χ0v) is 9.44. The zero-order chi connectivity index (χ0) is 12.6. The van der Waals surface area contributed by atoms with Crippen molar-refractivity contribution in [3.63, 3.8) is 0 Å². The Labute approximate surface area is 97.1 Å². The summed E-state index contributed by atoms with van der Waals surface area (Å²) in [5.74, 6) is -1.58. The second kappa shape index (κ2) is 4.15. The number of ether oxygens (including phenoxy) is 3. The van der Waals surface area contributed by atoms with Crippen molar-refractivity contribution in [3.05, 3.63) is 10.4 Å². The van der Waals surface area contributed by atoms with Crippen LogP contribution in [0.5, 0.6) is 0 Å². The maximum Gasteiger partial charge on any atom is 0.335 e. The van der Waals surface area contributed by atoms with E-state index in [1.165, 1.54) is 0 Å². The van der Waals surface area contributed by atoms with Crippen LogP contribution >= 0.6 is 0 Å². The van der Waals surface area contributed by atoms with E-state index in [2.05, 4.69) is 10.0 Å². The molecule has 2 aliphatic rings. The summed E-state index contributed by atoms with van der Waals surface area (Å²) >= 11 is 0. The van der Waals surface area contributed by atoms with Crippen LogP contribution in [0, 0.1) is 0 Å². The molecule has 0 spiro atoms. The summed E-state index contributed by atoms with van der Waals surface area (Å²) in [5, 5.41) is 12.9. The number of aliphatic hydroxyl groups excluding tert-OH is 1. The highest BCUT2D eigenvalue weighted by Gasteiger charge is 2.51. The normalized spacial score (nSPS) is 39.8. The van der Waals surface area contributed by atoms with E-state index >= 15 is 0 Å². The van der Waals surface area contributed by atoms with Crippen molar-refractivity contribution in [2.75, 3.05) is 6.61 Å². The largest absolute Gasteiger partial charge is 0.457 e. The molecule has 0 aromatic heterocycles. The van der Waals surface area contributed by atoms with Crippen molar-refractivity contribution in [3.8, 4) is 0 Å². The molecule has 0 aliphatic carbocycles. The lowest BCUT2D eigenvalue weighted by atomic mass is 10.0. The smallest absolute Gasteiger partial charge is 0.335 e. The Morgan fingerprint density at radius 3 is 2.82 bits per heavy atom. The molecular weight excluding hydrogens is 230 g/mol. The first kappa shape index (κ1) is 12.1. The molecule has 8 heteroatoms. The molecule has 0 unspecified atom stereocenters. The van der Waals surface area contributed by atoms with Gasteiger partial charge in [-0.15, -0.1) is 0 Å². The Kier molecular flexibility index (Phi) is 2.96. The third kappa shape index (κ3) is 2.20. The van der Waals surface area contributed by atoms with Gasteiger partial charge >= 0.3 is 5.97 Å². The minimum atomic E-state index is -1.44. The quantitative estimate of drug-likeness (QED) is 0.320. The highest BCUT2D eigenvalue weighted by Crippen LogP contribution is 2.31. The van der Waals surface area contributed by atoms with E-state index in [-0.39, 0.29) is 6.61 Å². The minimum absolute atomic E-state index is 0.217. The second-order valence-electron chi connectivity index (χ2n) is 4.41. The van der Waals surface area contributed by atoms with Crippen LogP contribution in [0.1, 0.15) is 13.8 Å². The van der Waals surface area contributed by atoms with Gasteiger partial charge in [-0.25, -0.2) is 4.79 Å². The number of hydrogen-bond acceptors (Lipinski definition) is 6. The van der Waals surface area contributed by atoms with E-state index in [0.29, 0.717) is 0 Å². The predicted molar refractivity (Wildman–Crippen MR) is 53.7 cm³/mol. The lowest BCUT2D eigenvalue weighted by molar-refractivity contribution is -0.163. The molecule has 0 radical (unpaired) electrons. The van der Waals surface area contributed by atoms with Crippen molar-refractivity contribution in [1.29, 1.82) is 0 Å². The highest BCUT2D eigenvalue weighted by molar-refractivity contribution is 5.78. The van der Waals surface area contributed by atoms with Gasteiger partial charge in [-0.05, 0) is 19.4 Å². The van der Waals surface area contributed by atoms with E-state index in [1.807, 2.05) is 0 Å². The number of nitrogens with zero attached hydrogens (tertiary/aromatic N) is 3. The SMILES string of the molecule is CC1(C)OC[C@H]([C@@H]2OC(=O)[C@H](O)[C@H]2N=[N+]=[N-])O1. The molecule has 17 heavy (non-hydrogen) atoms. The van der Waals surface area contributed by atoms with Gasteiger partial charge in [-0.1, -0.05) is 5.11 Å². The molecule has 2 fully saturated rings. The van der Waals surface area contributed by atoms with Crippen LogP contribution in [0.15, 0.2) is 5.11 Å². The predicted octanol–water partition coefficient (Wildman–Crippen LogP) is 0.103. The van der Waals surface area contributed by atoms with Crippen LogP contribution in [0.2, 0.25) is 0 Å². The van der Waals surface area contributed by atoms with Gasteiger partial charge in [-0.3, -0.25) is 0 Å². The summed E-state index contributed by atoms with van der Waals surface area (Å²) in [5.41, 5.74) is 8.40. The summed E-state index contributed by atoms with van der Waals surface area (Å²) in [7, 11) is 0. The van der Waals surface area contributed by atoms with Gasteiger partial charge in [0.25, 0.3) is 0 Å². The van der Waals surface area contributed by atoms with Gasteiger partial charge < -0.3 is 19.3 Å². The summed E-state index contributed by atoms with van der Waals surface area (Å²) in [6.45, 7) is 3.67. The van der Waals surface area contributed by atoms with Gasteiger partial charge in [0.05, 0.1) is 6.61 Å². The van der Waals surface area contributed by atoms with E-state index in [4.69, 9.17) is 19.7 Å². The number of carbonyl (C=O) groups excluding carboxylic acids is 1. The molecule has 0 aromatic carbocycles. The lowest BCUT2D eigenvalue weighted by Gasteiger charge is -2.22. The van der Waals surface area contributed by atoms with Crippen LogP contribution in [0.4, 0.5) is 0 Å². The lowest BCUT2D eigenvalue weighted by Crippen LogP contribution is -2.39. The first-order chi connectivity index (χ1) is 7.94. The molecule has 2 heterocycles. The Morgan fingerprint density at radius 1 is 1.59 bits per heavy atom. The zero-order valence-electron chi connectivity index (χ0n) is 9.44. The standard InChI is InChI=1S/C9H13N3O5/c1-9(2)15-3-4(17-9)7-5(11-12-10)6(13)8(14)16-7/h4-7,13H,3H2,1-2H3/t4-,5-,6-,7+/m1/s1. The van der Waals surface area contributed by atoms with Crippen LogP contribution in [0.25, 0.3) is 10.4 Å². The maximum absolute atomic E-state index is 11.2. The van der Waals surface area contributed by atoms with Gasteiger partial charge in [0, 0.05) is 4.91 Å². The Bertz CT molecular complexity index is 379. The van der Waals surface area contributed by atoms with Gasteiger partial charge in [0.2, 0.25) is 0 Å². The fourth-order valence-electron chi connectivity index (χ4n) is 1.95. The first-order valence-electron chi connectivity index (χ1n) is 5.19. The molecular formula is C9H13N3O5. The molecule has 0 amide bonds. The monoisotopic (exact) mass is 243 g/mol. The van der Waals surface area contributed by atoms with Crippen molar-refractivity contribution in [2.45, 2.75) is 44.0 Å². The molecule has 2 saturated heterocycles. The average molecular weight is 243 g/mol. The molecule has 1 N–H and O–H groups in total. The average Bonchev–Trinajstić information content (AvgIpc) is 2.73. The number of hydrogen-bond donors (Lipinski definition) is 1. The van der Waals surface area contributed by atoms with E-state index < -0.39 is 36.1 Å². The topological polar surface area (TPSA) is 114 Å². The van der Waals surface area contributed by atoms with E-state index in [9.17, 15) is 9.90 Å². The third-order valence-electron chi connectivity index (χ3n) is 2.74. The Hall–Kier alpha value is -1.34. The maximum atomic E-state index is 11.2. The van der Waals surface area contributed by atoms with Gasteiger partial charge in [-0.2, -0.15) is 0 Å². The molecule has 8 nitrogen and oxygen atoms in total. The number of aliphatic hydroxyl groups is 1. The molecule has 0 bridgehead atoms. The van der Waals surface area contributed by atoms with Crippen LogP contribution < -0.4 is 0 Å². The van der Waals surface area contributed by atoms with Gasteiger partial charge in [0.15, 0.2) is 11.9 Å². The first-order valence-corrected chi connectivity index (χ1v) is 5.19. The third-order valence-corrected chi connectivity index (χ3v) is 2.74. The molecule has 0 aromatic rings. The molecule has 4 atom stereocenters. The molecule has 2 aliphatic heterocycles. The second-order valence-corrected chi connectivity index (χ2v) is 4.41. The fourth-order valence-corrected chi connectivity index (χ4v) is 1.95. The van der Waals surface area contributed by atoms with Crippen LogP contribution in [0.3, 0.4) is 0 Å². The van der Waals surface area contributed by atoms with Gasteiger partial charge in [0.1, 0.15) is 18.2 Å². The molecule has 0 saturated carbocycles. The molecule has 2 rings (SSSR count). The summed E-state index contributed by atoms with van der Waals surface area (Å²) in [6.07, 6.45) is -2.79. The van der Waals surface area contributed by atoms with Crippen molar-refractivity contribution in [1.82, 2.24) is 0 Å². The molecule has 94 valence electrons. The minimum Gasteiger partial charge on any atom is -0.457 e. The van der Waals surface area contributed by atoms with E-state index in [1.54, 1.807) is 13.8 Å². The number of esters is 1. The summed E-state index contributed by atoms with van der Waals surface area (Å²) in [4.78, 5) is 13.8. The van der Waals surface area contributed by atoms with Crippen LogP contribution in [-0.2, 0) is 19.0 Å². The highest BCUT2D eigenvalue weighted by atomic mass is 16.8. The van der Waals surface area contributed by atoms with Crippen molar-refractivity contribution >= 4 is 5.97 Å². The number of azide groups is 1. The number of rotatable bonds is 2. The van der Waals surface area contributed by atoms with Crippen LogP contribution in [-0.4, -0.2) is 47.8 Å². The fraction of sp³-hybridized carbons (Fsp3) is 0.889. The number of carbonyl (C=O) groups is 1. The van der Waals surface area contributed by atoms with E-state index in [0.717, 1.165) is 0 Å². The summed E-state index contributed by atoms with van der Waals surface area (Å²) in [6, 6.07) is -0.977. The number of cyclic esters (lactones) is 1. The Morgan fingerprint density at radius 2 is 2.29 bits per heavy atom. The van der Waals surface area contributed by atoms with Crippen molar-refractivity contribution < 1.29 is 24.1 Å². The van der Waals surface area contributed by atoms with Crippen molar-refractivity contribution in [2.24, 2.45) is 5.11 Å². The Balaban J connectivity index is 2.15. The summed E-state index contributed by atoms with van der Waals surface area (Å²) < 4.78 is 15.8.